The van der Waals surface area contributed by atoms with Crippen molar-refractivity contribution in [2.75, 3.05) is 57.3 Å². The first-order chi connectivity index (χ1) is 14.7. The molecule has 0 saturated carbocycles. The number of amides is 1. The summed E-state index contributed by atoms with van der Waals surface area (Å²) in [6, 6.07) is 9.76. The van der Waals surface area contributed by atoms with E-state index in [0.29, 0.717) is 12.5 Å². The van der Waals surface area contributed by atoms with E-state index in [-0.39, 0.29) is 11.9 Å². The summed E-state index contributed by atoms with van der Waals surface area (Å²) in [5, 5.41) is 3.05. The molecule has 0 spiro atoms. The van der Waals surface area contributed by atoms with Crippen LogP contribution in [0.1, 0.15) is 31.6 Å². The Morgan fingerprint density at radius 3 is 2.77 bits per heavy atom. The van der Waals surface area contributed by atoms with Gasteiger partial charge in [-0.3, -0.25) is 14.6 Å². The molecule has 2 saturated heterocycles. The number of rotatable bonds is 7. The molecule has 2 atom stereocenters. The average Bonchev–Trinajstić information content (AvgIpc) is 3.30. The number of hydrogen-bond donors (Lipinski definition) is 1. The molecule has 0 aliphatic carbocycles. The number of pyridine rings is 1. The molecule has 7 heteroatoms. The van der Waals surface area contributed by atoms with Gasteiger partial charge in [-0.1, -0.05) is 6.07 Å². The van der Waals surface area contributed by atoms with Crippen molar-refractivity contribution in [2.24, 2.45) is 5.92 Å². The first kappa shape index (κ1) is 20.9. The number of piperidine rings is 1. The highest BCUT2D eigenvalue weighted by Crippen LogP contribution is 2.20. The molecule has 1 amide bonds. The van der Waals surface area contributed by atoms with Gasteiger partial charge in [-0.15, -0.1) is 0 Å². The van der Waals surface area contributed by atoms with E-state index in [1.807, 2.05) is 31.3 Å². The lowest BCUT2D eigenvalue weighted by atomic mass is 9.97. The second-order valence-corrected chi connectivity index (χ2v) is 8.52. The Morgan fingerprint density at radius 2 is 2.03 bits per heavy atom. The Bertz CT molecular complexity index is 774. The fourth-order valence-corrected chi connectivity index (χ4v) is 4.61. The van der Waals surface area contributed by atoms with E-state index in [4.69, 9.17) is 4.42 Å². The van der Waals surface area contributed by atoms with Crippen LogP contribution in [0, 0.1) is 5.92 Å². The molecule has 2 aromatic heterocycles. The van der Waals surface area contributed by atoms with Crippen molar-refractivity contribution in [1.29, 1.82) is 0 Å². The largest absolute Gasteiger partial charge is 0.467 e. The summed E-state index contributed by atoms with van der Waals surface area (Å²) in [6.45, 7) is 9.77. The number of anilines is 1. The number of aromatic nitrogens is 1. The highest BCUT2D eigenvalue weighted by atomic mass is 16.3. The summed E-state index contributed by atoms with van der Waals surface area (Å²) >= 11 is 0. The second-order valence-electron chi connectivity index (χ2n) is 8.52. The normalized spacial score (nSPS) is 22.0. The molecule has 2 unspecified atom stereocenters. The number of carbonyl (C=O) groups excluding carboxylic acids is 1. The van der Waals surface area contributed by atoms with Crippen LogP contribution >= 0.6 is 0 Å². The molecule has 0 aromatic carbocycles. The van der Waals surface area contributed by atoms with Gasteiger partial charge in [-0.25, -0.2) is 4.98 Å². The lowest BCUT2D eigenvalue weighted by Gasteiger charge is -2.39. The third-order valence-corrected chi connectivity index (χ3v) is 6.18. The lowest BCUT2D eigenvalue weighted by Crippen LogP contribution is -2.50. The van der Waals surface area contributed by atoms with E-state index in [0.717, 1.165) is 57.4 Å². The molecule has 0 bridgehead atoms. The van der Waals surface area contributed by atoms with Crippen LogP contribution in [-0.4, -0.2) is 73.0 Å². The number of likely N-dealkylation sites (tertiary alicyclic amines) is 1. The van der Waals surface area contributed by atoms with E-state index in [9.17, 15) is 4.79 Å². The van der Waals surface area contributed by atoms with E-state index in [1.165, 1.54) is 12.8 Å². The van der Waals surface area contributed by atoms with Gasteiger partial charge in [-0.2, -0.15) is 0 Å². The molecule has 7 nitrogen and oxygen atoms in total. The van der Waals surface area contributed by atoms with Crippen LogP contribution in [-0.2, 0) is 4.79 Å². The number of carbonyl (C=O) groups is 1. The molecule has 0 radical (unpaired) electrons. The van der Waals surface area contributed by atoms with Crippen molar-refractivity contribution in [2.45, 2.75) is 25.8 Å². The maximum absolute atomic E-state index is 12.5. The summed E-state index contributed by atoms with van der Waals surface area (Å²) in [7, 11) is 0. The number of nitrogens with zero attached hydrogens (tertiary/aromatic N) is 4. The lowest BCUT2D eigenvalue weighted by molar-refractivity contribution is -0.123. The third kappa shape index (κ3) is 5.61. The zero-order valence-corrected chi connectivity index (χ0v) is 17.9. The van der Waals surface area contributed by atoms with Crippen molar-refractivity contribution in [3.05, 3.63) is 48.6 Å². The molecule has 2 aliphatic heterocycles. The van der Waals surface area contributed by atoms with Crippen LogP contribution in [0.3, 0.4) is 0 Å². The molecule has 4 heterocycles. The zero-order valence-electron chi connectivity index (χ0n) is 17.9. The Hall–Kier alpha value is -2.38. The molecular formula is C23H33N5O2. The molecule has 2 aromatic rings. The predicted molar refractivity (Wildman–Crippen MR) is 117 cm³/mol. The van der Waals surface area contributed by atoms with Gasteiger partial charge in [0.15, 0.2) is 0 Å². The summed E-state index contributed by atoms with van der Waals surface area (Å²) in [5.41, 5.74) is 0. The number of furan rings is 1. The predicted octanol–water partition coefficient (Wildman–Crippen LogP) is 2.39. The van der Waals surface area contributed by atoms with Crippen molar-refractivity contribution < 1.29 is 9.21 Å². The van der Waals surface area contributed by atoms with Crippen molar-refractivity contribution in [1.82, 2.24) is 20.1 Å². The van der Waals surface area contributed by atoms with Gasteiger partial charge in [0.25, 0.3) is 0 Å². The first-order valence-electron chi connectivity index (χ1n) is 11.1. The standard InChI is InChI=1S/C23H33N5O2/c1-19(21-7-5-15-30-21)25-23(29)18-27-10-4-6-20(17-27)16-26-11-13-28(14-12-26)22-8-2-3-9-24-22/h2-3,5,7-9,15,19-20H,4,6,10-14,16-18H2,1H3,(H,25,29). The minimum absolute atomic E-state index is 0.0727. The minimum atomic E-state index is -0.0940. The van der Waals surface area contributed by atoms with E-state index >= 15 is 0 Å². The monoisotopic (exact) mass is 411 g/mol. The zero-order chi connectivity index (χ0) is 20.8. The molecule has 30 heavy (non-hydrogen) atoms. The summed E-state index contributed by atoms with van der Waals surface area (Å²) in [6.07, 6.45) is 5.92. The molecule has 2 fully saturated rings. The maximum Gasteiger partial charge on any atom is 0.234 e. The highest BCUT2D eigenvalue weighted by Gasteiger charge is 2.26. The Kier molecular flexibility index (Phi) is 7.02. The van der Waals surface area contributed by atoms with Crippen LogP contribution < -0.4 is 10.2 Å². The van der Waals surface area contributed by atoms with Gasteiger partial charge < -0.3 is 14.6 Å². The molecule has 162 valence electrons. The summed E-state index contributed by atoms with van der Waals surface area (Å²) in [4.78, 5) is 24.2. The minimum Gasteiger partial charge on any atom is -0.467 e. The fourth-order valence-electron chi connectivity index (χ4n) is 4.61. The van der Waals surface area contributed by atoms with Gasteiger partial charge in [0.1, 0.15) is 11.6 Å². The Morgan fingerprint density at radius 1 is 1.17 bits per heavy atom. The third-order valence-electron chi connectivity index (χ3n) is 6.18. The number of piperazine rings is 1. The van der Waals surface area contributed by atoms with Crippen LogP contribution in [0.2, 0.25) is 0 Å². The van der Waals surface area contributed by atoms with Gasteiger partial charge in [0.2, 0.25) is 5.91 Å². The Labute approximate surface area is 179 Å². The van der Waals surface area contributed by atoms with Crippen molar-refractivity contribution in [3.63, 3.8) is 0 Å². The van der Waals surface area contributed by atoms with Gasteiger partial charge in [-0.05, 0) is 56.5 Å². The first-order valence-corrected chi connectivity index (χ1v) is 11.1. The SMILES string of the molecule is CC(NC(=O)CN1CCCC(CN2CCN(c3ccccn3)CC2)C1)c1ccco1. The smallest absolute Gasteiger partial charge is 0.234 e. The van der Waals surface area contributed by atoms with E-state index in [2.05, 4.69) is 37.1 Å². The highest BCUT2D eigenvalue weighted by molar-refractivity contribution is 5.78. The van der Waals surface area contributed by atoms with E-state index < -0.39 is 0 Å². The molecule has 2 aliphatic rings. The number of hydrogen-bond acceptors (Lipinski definition) is 6. The summed E-state index contributed by atoms with van der Waals surface area (Å²) < 4.78 is 5.38. The van der Waals surface area contributed by atoms with Crippen LogP contribution in [0.25, 0.3) is 0 Å². The fraction of sp³-hybridized carbons (Fsp3) is 0.565. The van der Waals surface area contributed by atoms with Crippen LogP contribution in [0.15, 0.2) is 47.2 Å². The quantitative estimate of drug-likeness (QED) is 0.755. The van der Waals surface area contributed by atoms with Gasteiger partial charge in [0, 0.05) is 45.5 Å². The molecule has 4 rings (SSSR count). The molecular weight excluding hydrogens is 378 g/mol. The Balaban J connectivity index is 1.19. The second kappa shape index (κ2) is 10.1. The topological polar surface area (TPSA) is 64.9 Å². The average molecular weight is 412 g/mol. The molecule has 1 N–H and O–H groups in total. The summed E-state index contributed by atoms with van der Waals surface area (Å²) in [5.74, 6) is 2.58. The van der Waals surface area contributed by atoms with Gasteiger partial charge >= 0.3 is 0 Å². The number of nitrogens with one attached hydrogen (secondary N) is 1. The van der Waals surface area contributed by atoms with E-state index in [1.54, 1.807) is 6.26 Å². The van der Waals surface area contributed by atoms with Crippen LogP contribution in [0.4, 0.5) is 5.82 Å². The van der Waals surface area contributed by atoms with Crippen LogP contribution in [0.5, 0.6) is 0 Å². The van der Waals surface area contributed by atoms with Gasteiger partial charge in [0.05, 0.1) is 18.8 Å². The van der Waals surface area contributed by atoms with Crippen molar-refractivity contribution in [3.8, 4) is 0 Å². The maximum atomic E-state index is 12.5. The van der Waals surface area contributed by atoms with Crippen molar-refractivity contribution >= 4 is 11.7 Å².